The summed E-state index contributed by atoms with van der Waals surface area (Å²) < 4.78 is 30.0. The van der Waals surface area contributed by atoms with Crippen molar-refractivity contribution in [3.8, 4) is 6.07 Å². The Morgan fingerprint density at radius 2 is 1.56 bits per heavy atom. The molecule has 8 heteroatoms. The topological polar surface area (TPSA) is 84.7 Å². The molecule has 3 aromatic rings. The third kappa shape index (κ3) is 4.45. The number of likely N-dealkylation sites (tertiary alicyclic amines) is 1. The van der Waals surface area contributed by atoms with Crippen LogP contribution in [-0.4, -0.2) is 62.8 Å². The largest absolute Gasteiger partial charge is 0.377 e. The van der Waals surface area contributed by atoms with E-state index < -0.39 is 10.0 Å². The van der Waals surface area contributed by atoms with E-state index in [1.165, 1.54) is 0 Å². The van der Waals surface area contributed by atoms with Crippen LogP contribution in [0.5, 0.6) is 0 Å². The number of benzene rings is 3. The smallest absolute Gasteiger partial charge is 0.253 e. The fraction of sp³-hybridized carbons (Fsp3) is 0.357. The monoisotopic (exact) mass is 502 g/mol. The summed E-state index contributed by atoms with van der Waals surface area (Å²) in [5.41, 5.74) is 1.93. The molecule has 1 heterocycles. The minimum absolute atomic E-state index is 0.0156. The van der Waals surface area contributed by atoms with Gasteiger partial charge in [0.2, 0.25) is 10.0 Å². The van der Waals surface area contributed by atoms with Gasteiger partial charge < -0.3 is 9.80 Å². The first-order valence-electron chi connectivity index (χ1n) is 12.3. The van der Waals surface area contributed by atoms with Gasteiger partial charge in [-0.1, -0.05) is 30.3 Å². The lowest BCUT2D eigenvalue weighted by atomic mass is 10.0. The Morgan fingerprint density at radius 3 is 2.22 bits per heavy atom. The summed E-state index contributed by atoms with van der Waals surface area (Å²) in [5, 5.41) is 10.8. The van der Waals surface area contributed by atoms with E-state index in [1.54, 1.807) is 39.5 Å². The Bertz CT molecular complexity index is 1450. The zero-order chi connectivity index (χ0) is 25.4. The highest BCUT2D eigenvalue weighted by atomic mass is 32.2. The Labute approximate surface area is 212 Å². The lowest BCUT2D eigenvalue weighted by molar-refractivity contribution is 0.0676. The summed E-state index contributed by atoms with van der Waals surface area (Å²) in [6, 6.07) is 20.0. The van der Waals surface area contributed by atoms with E-state index in [9.17, 15) is 13.2 Å². The van der Waals surface area contributed by atoms with Gasteiger partial charge in [-0.2, -0.15) is 9.57 Å². The van der Waals surface area contributed by atoms with Crippen LogP contribution >= 0.6 is 0 Å². The van der Waals surface area contributed by atoms with Crippen LogP contribution in [0.25, 0.3) is 10.8 Å². The molecule has 0 aromatic heterocycles. The third-order valence-corrected chi connectivity index (χ3v) is 9.22. The highest BCUT2D eigenvalue weighted by Crippen LogP contribution is 2.39. The number of carbonyl (C=O) groups is 1. The van der Waals surface area contributed by atoms with Gasteiger partial charge in [0.1, 0.15) is 0 Å². The number of anilines is 1. The van der Waals surface area contributed by atoms with Crippen LogP contribution < -0.4 is 4.90 Å². The van der Waals surface area contributed by atoms with Gasteiger partial charge in [0.15, 0.2) is 0 Å². The van der Waals surface area contributed by atoms with Crippen molar-refractivity contribution in [1.29, 1.82) is 5.26 Å². The second-order valence-corrected chi connectivity index (χ2v) is 11.6. The van der Waals surface area contributed by atoms with Crippen molar-refractivity contribution in [2.24, 2.45) is 0 Å². The van der Waals surface area contributed by atoms with Gasteiger partial charge >= 0.3 is 0 Å². The number of sulfonamides is 1. The quantitative estimate of drug-likeness (QED) is 0.504. The average Bonchev–Trinajstić information content (AvgIpc) is 3.72. The molecule has 5 rings (SSSR count). The number of hydrogen-bond donors (Lipinski definition) is 0. The molecule has 1 saturated carbocycles. The number of fused-ring (bicyclic) bond motifs is 1. The number of hydrogen-bond acceptors (Lipinski definition) is 5. The molecule has 1 aliphatic heterocycles. The summed E-state index contributed by atoms with van der Waals surface area (Å²) in [5.74, 6) is -0.114. The minimum atomic E-state index is -3.73. The summed E-state index contributed by atoms with van der Waals surface area (Å²) >= 11 is 0. The molecule has 2 fully saturated rings. The van der Waals surface area contributed by atoms with Gasteiger partial charge in [-0.05, 0) is 56.0 Å². The van der Waals surface area contributed by atoms with E-state index in [0.717, 1.165) is 29.3 Å². The second-order valence-electron chi connectivity index (χ2n) is 9.80. The van der Waals surface area contributed by atoms with E-state index >= 15 is 0 Å². The number of carbonyl (C=O) groups excluding carboxylic acids is 1. The number of nitrogens with zero attached hydrogens (tertiary/aromatic N) is 4. The normalized spacial score (nSPS) is 16.8. The highest BCUT2D eigenvalue weighted by Gasteiger charge is 2.44. The molecule has 7 nitrogen and oxygen atoms in total. The van der Waals surface area contributed by atoms with Crippen LogP contribution in [0.2, 0.25) is 0 Å². The molecule has 1 aliphatic carbocycles. The molecule has 36 heavy (non-hydrogen) atoms. The minimum Gasteiger partial charge on any atom is -0.377 e. The molecule has 186 valence electrons. The number of amides is 1. The van der Waals surface area contributed by atoms with Gasteiger partial charge in [0, 0.05) is 61.3 Å². The van der Waals surface area contributed by atoms with Gasteiger partial charge in [-0.3, -0.25) is 4.79 Å². The van der Waals surface area contributed by atoms with Crippen molar-refractivity contribution < 1.29 is 13.2 Å². The molecule has 1 amide bonds. The van der Waals surface area contributed by atoms with Crippen molar-refractivity contribution in [3.05, 3.63) is 71.8 Å². The van der Waals surface area contributed by atoms with Crippen LogP contribution in [0.15, 0.2) is 65.6 Å². The molecule has 0 bridgehead atoms. The SMILES string of the molecule is CN(C)c1cccc2c(S(=O)(=O)N(C3CC3)C3CCN(C(=O)c4cccc(C#N)c4)CC3)cccc12. The molecule has 0 radical (unpaired) electrons. The van der Waals surface area contributed by atoms with Crippen LogP contribution in [-0.2, 0) is 10.0 Å². The first-order valence-corrected chi connectivity index (χ1v) is 13.8. The summed E-state index contributed by atoms with van der Waals surface area (Å²) in [6.07, 6.45) is 2.92. The molecule has 0 spiro atoms. The second kappa shape index (κ2) is 9.57. The van der Waals surface area contributed by atoms with E-state index in [1.807, 2.05) is 49.3 Å². The Balaban J connectivity index is 1.40. The van der Waals surface area contributed by atoms with Crippen molar-refractivity contribution in [1.82, 2.24) is 9.21 Å². The predicted molar refractivity (Wildman–Crippen MR) is 140 cm³/mol. The van der Waals surface area contributed by atoms with Crippen LogP contribution in [0.4, 0.5) is 5.69 Å². The fourth-order valence-electron chi connectivity index (χ4n) is 5.24. The molecular formula is C28H30N4O3S. The van der Waals surface area contributed by atoms with E-state index in [2.05, 4.69) is 6.07 Å². The van der Waals surface area contributed by atoms with Gasteiger partial charge in [-0.15, -0.1) is 0 Å². The van der Waals surface area contributed by atoms with E-state index in [4.69, 9.17) is 5.26 Å². The number of rotatable bonds is 6. The van der Waals surface area contributed by atoms with Gasteiger partial charge in [0.05, 0.1) is 16.5 Å². The fourth-order valence-corrected chi connectivity index (χ4v) is 7.38. The first-order chi connectivity index (χ1) is 17.3. The van der Waals surface area contributed by atoms with Crippen molar-refractivity contribution in [3.63, 3.8) is 0 Å². The molecule has 0 unspecified atom stereocenters. The summed E-state index contributed by atoms with van der Waals surface area (Å²) in [7, 11) is 0.183. The standard InChI is InChI=1S/C28H30N4O3S/c1-30(2)26-10-4-9-25-24(26)8-5-11-27(25)36(34,35)32(22-12-13-22)23-14-16-31(17-15-23)28(33)21-7-3-6-20(18-21)19-29/h3-11,18,22-23H,12-17H2,1-2H3. The van der Waals surface area contributed by atoms with Crippen molar-refractivity contribution in [2.75, 3.05) is 32.1 Å². The lowest BCUT2D eigenvalue weighted by Crippen LogP contribution is -2.49. The van der Waals surface area contributed by atoms with E-state index in [-0.39, 0.29) is 18.0 Å². The predicted octanol–water partition coefficient (Wildman–Crippen LogP) is 4.24. The molecule has 3 aromatic carbocycles. The number of nitriles is 1. The Morgan fingerprint density at radius 1 is 0.917 bits per heavy atom. The van der Waals surface area contributed by atoms with Crippen LogP contribution in [0, 0.1) is 11.3 Å². The molecule has 2 aliphatic rings. The van der Waals surface area contributed by atoms with Crippen LogP contribution in [0.1, 0.15) is 41.6 Å². The number of piperidine rings is 1. The third-order valence-electron chi connectivity index (χ3n) is 7.15. The van der Waals surface area contributed by atoms with Crippen molar-refractivity contribution in [2.45, 2.75) is 42.7 Å². The first kappa shape index (κ1) is 24.3. The summed E-state index contributed by atoms with van der Waals surface area (Å²) in [4.78, 5) is 17.1. The average molecular weight is 503 g/mol. The Kier molecular flexibility index (Phi) is 6.45. The molecule has 0 atom stereocenters. The zero-order valence-electron chi connectivity index (χ0n) is 20.6. The maximum absolute atomic E-state index is 14.1. The Hall–Kier alpha value is -3.41. The van der Waals surface area contributed by atoms with E-state index in [0.29, 0.717) is 42.0 Å². The molecular weight excluding hydrogens is 472 g/mol. The van der Waals surface area contributed by atoms with Crippen molar-refractivity contribution >= 4 is 32.4 Å². The summed E-state index contributed by atoms with van der Waals surface area (Å²) in [6.45, 7) is 0.971. The lowest BCUT2D eigenvalue weighted by Gasteiger charge is -2.38. The zero-order valence-corrected chi connectivity index (χ0v) is 21.4. The maximum atomic E-state index is 14.1. The molecule has 0 N–H and O–H groups in total. The van der Waals surface area contributed by atoms with Crippen LogP contribution in [0.3, 0.4) is 0 Å². The highest BCUT2D eigenvalue weighted by molar-refractivity contribution is 7.89. The molecule has 1 saturated heterocycles. The van der Waals surface area contributed by atoms with Gasteiger partial charge in [0.25, 0.3) is 5.91 Å². The van der Waals surface area contributed by atoms with Gasteiger partial charge in [-0.25, -0.2) is 8.42 Å². The maximum Gasteiger partial charge on any atom is 0.253 e.